The van der Waals surface area contributed by atoms with E-state index in [0.29, 0.717) is 31.3 Å². The van der Waals surface area contributed by atoms with Crippen molar-refractivity contribution < 1.29 is 9.53 Å². The second-order valence-corrected chi connectivity index (χ2v) is 6.66. The van der Waals surface area contributed by atoms with E-state index in [2.05, 4.69) is 15.1 Å². The van der Waals surface area contributed by atoms with Gasteiger partial charge in [-0.25, -0.2) is 9.97 Å². The van der Waals surface area contributed by atoms with E-state index in [9.17, 15) is 4.79 Å². The number of fused-ring (bicyclic) bond motifs is 2. The number of hydrogen-bond acceptors (Lipinski definition) is 5. The zero-order valence-corrected chi connectivity index (χ0v) is 15.0. The molecule has 0 saturated heterocycles. The van der Waals surface area contributed by atoms with Crippen LogP contribution in [0.25, 0.3) is 5.65 Å². The molecule has 0 saturated carbocycles. The number of rotatable bonds is 4. The summed E-state index contributed by atoms with van der Waals surface area (Å²) in [7, 11) is 0. The van der Waals surface area contributed by atoms with Crippen molar-refractivity contribution >= 4 is 11.6 Å². The van der Waals surface area contributed by atoms with Gasteiger partial charge in [0.15, 0.2) is 0 Å². The quantitative estimate of drug-likeness (QED) is 0.547. The van der Waals surface area contributed by atoms with E-state index in [1.807, 2.05) is 62.6 Å². The Kier molecular flexibility index (Phi) is 4.01. The third-order valence-electron chi connectivity index (χ3n) is 4.87. The monoisotopic (exact) mass is 374 g/mol. The summed E-state index contributed by atoms with van der Waals surface area (Å²) < 4.78 is 9.58. The molecule has 28 heavy (non-hydrogen) atoms. The fraction of sp³-hybridized carbons (Fsp3) is 0.200. The largest absolute Gasteiger partial charge is 0.475 e. The Hall–Kier alpha value is -3.68. The summed E-state index contributed by atoms with van der Waals surface area (Å²) in [5, 5.41) is 4.42. The molecule has 0 fully saturated rings. The minimum Gasteiger partial charge on any atom is -0.475 e. The van der Waals surface area contributed by atoms with Crippen LogP contribution in [-0.2, 0) is 6.54 Å². The maximum absolute atomic E-state index is 13.2. The van der Waals surface area contributed by atoms with E-state index >= 15 is 0 Å². The highest BCUT2D eigenvalue weighted by molar-refractivity contribution is 5.93. The van der Waals surface area contributed by atoms with Crippen LogP contribution >= 0.6 is 0 Å². The molecule has 1 unspecified atom stereocenters. The van der Waals surface area contributed by atoms with Gasteiger partial charge in [0.2, 0.25) is 5.88 Å². The van der Waals surface area contributed by atoms with Crippen LogP contribution in [0.5, 0.6) is 5.88 Å². The van der Waals surface area contributed by atoms with Crippen molar-refractivity contribution in [2.45, 2.75) is 12.6 Å². The summed E-state index contributed by atoms with van der Waals surface area (Å²) in [5.74, 6) is 0.496. The number of imidazole rings is 1. The number of carbonyl (C=O) groups excluding carboxylic acids is 1. The first-order valence-corrected chi connectivity index (χ1v) is 9.07. The molecule has 1 aliphatic heterocycles. The number of aromatic nitrogens is 5. The molecule has 140 valence electrons. The van der Waals surface area contributed by atoms with Gasteiger partial charge in [0.1, 0.15) is 24.0 Å². The number of nitrogens with zero attached hydrogens (tertiary/aromatic N) is 6. The molecule has 5 heterocycles. The summed E-state index contributed by atoms with van der Waals surface area (Å²) >= 11 is 0. The van der Waals surface area contributed by atoms with E-state index < -0.39 is 0 Å². The molecule has 4 aromatic heterocycles. The molecule has 1 amide bonds. The molecule has 1 aliphatic rings. The van der Waals surface area contributed by atoms with Gasteiger partial charge < -0.3 is 9.64 Å². The Bertz CT molecular complexity index is 1120. The fourth-order valence-electron chi connectivity index (χ4n) is 3.53. The van der Waals surface area contributed by atoms with E-state index in [-0.39, 0.29) is 11.9 Å². The zero-order valence-electron chi connectivity index (χ0n) is 15.0. The van der Waals surface area contributed by atoms with Crippen molar-refractivity contribution in [1.29, 1.82) is 0 Å². The molecule has 0 radical (unpaired) electrons. The lowest BCUT2D eigenvalue weighted by Crippen LogP contribution is -2.43. The maximum atomic E-state index is 13.2. The lowest BCUT2D eigenvalue weighted by Gasteiger charge is -2.33. The summed E-state index contributed by atoms with van der Waals surface area (Å²) in [5.41, 5.74) is 2.28. The van der Waals surface area contributed by atoms with Gasteiger partial charge in [-0.1, -0.05) is 12.1 Å². The Balaban J connectivity index is 1.40. The Morgan fingerprint density at radius 3 is 2.93 bits per heavy atom. The summed E-state index contributed by atoms with van der Waals surface area (Å²) in [6.07, 6.45) is 6.93. The second-order valence-electron chi connectivity index (χ2n) is 6.66. The third-order valence-corrected chi connectivity index (χ3v) is 4.87. The predicted molar refractivity (Wildman–Crippen MR) is 101 cm³/mol. The number of hydrogen-bond donors (Lipinski definition) is 0. The SMILES string of the molecule is O=C(c1cnc2ccccn12)N1Cc2ccnn2C(COc2ccccn2)C1. The van der Waals surface area contributed by atoms with E-state index in [4.69, 9.17) is 4.74 Å². The van der Waals surface area contributed by atoms with Gasteiger partial charge in [-0.15, -0.1) is 0 Å². The number of pyridine rings is 2. The molecular weight excluding hydrogens is 356 g/mol. The van der Waals surface area contributed by atoms with Crippen LogP contribution in [0.4, 0.5) is 0 Å². The highest BCUT2D eigenvalue weighted by Gasteiger charge is 2.30. The molecule has 1 atom stereocenters. The first-order chi connectivity index (χ1) is 13.8. The number of carbonyl (C=O) groups is 1. The average molecular weight is 374 g/mol. The van der Waals surface area contributed by atoms with Crippen LogP contribution < -0.4 is 4.74 Å². The van der Waals surface area contributed by atoms with Crippen molar-refractivity contribution in [2.24, 2.45) is 0 Å². The molecule has 4 aromatic rings. The molecule has 0 spiro atoms. The topological polar surface area (TPSA) is 77.6 Å². The Labute approximate surface area is 161 Å². The van der Waals surface area contributed by atoms with Crippen LogP contribution in [0.2, 0.25) is 0 Å². The normalized spacial score (nSPS) is 16.1. The molecular formula is C20H18N6O2. The Morgan fingerprint density at radius 2 is 2.04 bits per heavy atom. The highest BCUT2D eigenvalue weighted by Crippen LogP contribution is 2.23. The minimum absolute atomic E-state index is 0.0611. The van der Waals surface area contributed by atoms with Crippen LogP contribution in [0.15, 0.2) is 67.3 Å². The molecule has 0 aromatic carbocycles. The minimum atomic E-state index is -0.0936. The smallest absolute Gasteiger partial charge is 0.272 e. The molecule has 0 bridgehead atoms. The first kappa shape index (κ1) is 16.5. The predicted octanol–water partition coefficient (Wildman–Crippen LogP) is 2.20. The van der Waals surface area contributed by atoms with Crippen LogP contribution in [0.1, 0.15) is 22.2 Å². The van der Waals surface area contributed by atoms with Crippen LogP contribution in [-0.4, -0.2) is 48.1 Å². The van der Waals surface area contributed by atoms with E-state index in [0.717, 1.165) is 11.3 Å². The first-order valence-electron chi connectivity index (χ1n) is 9.07. The maximum Gasteiger partial charge on any atom is 0.272 e. The fourth-order valence-corrected chi connectivity index (χ4v) is 3.53. The van der Waals surface area contributed by atoms with Gasteiger partial charge in [0.05, 0.1) is 18.4 Å². The zero-order chi connectivity index (χ0) is 18.9. The van der Waals surface area contributed by atoms with Crippen LogP contribution in [0.3, 0.4) is 0 Å². The van der Waals surface area contributed by atoms with Gasteiger partial charge in [-0.2, -0.15) is 5.10 Å². The molecule has 5 rings (SSSR count). The van der Waals surface area contributed by atoms with Crippen molar-refractivity contribution in [3.05, 3.63) is 78.6 Å². The highest BCUT2D eigenvalue weighted by atomic mass is 16.5. The van der Waals surface area contributed by atoms with Crippen molar-refractivity contribution in [3.63, 3.8) is 0 Å². The lowest BCUT2D eigenvalue weighted by atomic mass is 10.2. The number of amides is 1. The van der Waals surface area contributed by atoms with Crippen molar-refractivity contribution in [2.75, 3.05) is 13.2 Å². The summed E-state index contributed by atoms with van der Waals surface area (Å²) in [6.45, 7) is 1.38. The Morgan fingerprint density at radius 1 is 1.11 bits per heavy atom. The van der Waals surface area contributed by atoms with Crippen molar-refractivity contribution in [3.8, 4) is 5.88 Å². The van der Waals surface area contributed by atoms with Gasteiger partial charge >= 0.3 is 0 Å². The van der Waals surface area contributed by atoms with Gasteiger partial charge in [0.25, 0.3) is 5.91 Å². The van der Waals surface area contributed by atoms with Crippen LogP contribution in [0, 0.1) is 0 Å². The van der Waals surface area contributed by atoms with Gasteiger partial charge in [0, 0.05) is 31.2 Å². The van der Waals surface area contributed by atoms with Gasteiger partial charge in [-0.05, 0) is 24.3 Å². The van der Waals surface area contributed by atoms with E-state index in [1.54, 1.807) is 18.6 Å². The van der Waals surface area contributed by atoms with Crippen molar-refractivity contribution in [1.82, 2.24) is 29.0 Å². The lowest BCUT2D eigenvalue weighted by molar-refractivity contribution is 0.0624. The summed E-state index contributed by atoms with van der Waals surface area (Å²) in [4.78, 5) is 23.5. The second kappa shape index (κ2) is 6.80. The summed E-state index contributed by atoms with van der Waals surface area (Å²) in [6, 6.07) is 13.0. The third kappa shape index (κ3) is 2.88. The molecule has 8 nitrogen and oxygen atoms in total. The molecule has 8 heteroatoms. The van der Waals surface area contributed by atoms with E-state index in [1.165, 1.54) is 0 Å². The van der Waals surface area contributed by atoms with Gasteiger partial charge in [-0.3, -0.25) is 13.9 Å². The molecule has 0 aliphatic carbocycles. The standard InChI is InChI=1S/C20H18N6O2/c27-20(17-11-22-18-5-2-4-10-25(17)18)24-12-15-7-9-23-26(15)16(13-24)14-28-19-6-1-3-8-21-19/h1-11,16H,12-14H2. The average Bonchev–Trinajstić information content (AvgIpc) is 3.39. The molecule has 0 N–H and O–H groups in total. The number of ether oxygens (including phenoxy) is 1.